The van der Waals surface area contributed by atoms with Gasteiger partial charge in [-0.1, -0.05) is 40.5 Å². The zero-order valence-corrected chi connectivity index (χ0v) is 20.0. The molecule has 0 unspecified atom stereocenters. The molecule has 1 aliphatic rings. The lowest BCUT2D eigenvalue weighted by atomic mass is 10.1. The summed E-state index contributed by atoms with van der Waals surface area (Å²) in [5.74, 6) is -0.398. The molecule has 1 N–H and O–H groups in total. The van der Waals surface area contributed by atoms with Crippen LogP contribution in [0.25, 0.3) is 6.08 Å². The van der Waals surface area contributed by atoms with Gasteiger partial charge in [0.1, 0.15) is 5.57 Å². The molecule has 168 valence electrons. The van der Waals surface area contributed by atoms with Gasteiger partial charge in [0.05, 0.1) is 18.4 Å². The fourth-order valence-corrected chi connectivity index (χ4v) is 3.50. The Kier molecular flexibility index (Phi) is 7.35. The minimum atomic E-state index is -0.785. The van der Waals surface area contributed by atoms with Crippen LogP contribution in [-0.4, -0.2) is 30.6 Å². The van der Waals surface area contributed by atoms with E-state index in [9.17, 15) is 14.4 Å². The van der Waals surface area contributed by atoms with Crippen LogP contribution in [0.15, 0.2) is 46.4 Å². The van der Waals surface area contributed by atoms with Gasteiger partial charge in [0, 0.05) is 4.47 Å². The molecule has 0 aromatic heterocycles. The third kappa shape index (κ3) is 5.02. The number of carbonyl (C=O) groups excluding carboxylic acids is 3. The Bertz CT molecular complexity index is 1080. The first-order chi connectivity index (χ1) is 15.2. The molecule has 0 bridgehead atoms. The molecule has 1 heterocycles. The van der Waals surface area contributed by atoms with Crippen molar-refractivity contribution in [3.63, 3.8) is 0 Å². The van der Waals surface area contributed by atoms with E-state index in [-0.39, 0.29) is 11.7 Å². The molecule has 1 aliphatic heterocycles. The molecule has 4 amide bonds. The Morgan fingerprint density at radius 1 is 1.09 bits per heavy atom. The zero-order valence-electron chi connectivity index (χ0n) is 18.4. The Hall–Kier alpha value is -3.13. The topological polar surface area (TPSA) is 84.9 Å². The lowest BCUT2D eigenvalue weighted by Gasteiger charge is -2.26. The lowest BCUT2D eigenvalue weighted by Crippen LogP contribution is -2.54. The highest BCUT2D eigenvalue weighted by molar-refractivity contribution is 9.10. The van der Waals surface area contributed by atoms with Crippen LogP contribution in [0, 0.1) is 6.92 Å². The number of carbonyl (C=O) groups is 3. The summed E-state index contributed by atoms with van der Waals surface area (Å²) >= 11 is 3.49. The second-order valence-electron chi connectivity index (χ2n) is 7.38. The molecular formula is C24H25BrN2O5. The number of hydrogen-bond donors (Lipinski definition) is 1. The average Bonchev–Trinajstić information content (AvgIpc) is 2.75. The van der Waals surface area contributed by atoms with Gasteiger partial charge in [-0.25, -0.2) is 9.69 Å². The molecule has 1 atom stereocenters. The molecule has 1 saturated heterocycles. The molecule has 2 aromatic rings. The van der Waals surface area contributed by atoms with Crippen LogP contribution >= 0.6 is 15.9 Å². The van der Waals surface area contributed by atoms with Crippen molar-refractivity contribution in [2.45, 2.75) is 40.2 Å². The first-order valence-corrected chi connectivity index (χ1v) is 11.2. The summed E-state index contributed by atoms with van der Waals surface area (Å²) in [6.07, 6.45) is 2.25. The summed E-state index contributed by atoms with van der Waals surface area (Å²) < 4.78 is 12.3. The summed E-state index contributed by atoms with van der Waals surface area (Å²) in [6.45, 7) is 8.16. The van der Waals surface area contributed by atoms with Crippen molar-refractivity contribution in [1.29, 1.82) is 0 Å². The predicted molar refractivity (Wildman–Crippen MR) is 126 cm³/mol. The van der Waals surface area contributed by atoms with Gasteiger partial charge < -0.3 is 9.47 Å². The lowest BCUT2D eigenvalue weighted by molar-refractivity contribution is -0.122. The third-order valence-corrected chi connectivity index (χ3v) is 5.65. The maximum absolute atomic E-state index is 13.1. The quantitative estimate of drug-likeness (QED) is 0.427. The second kappa shape index (κ2) is 9.99. The number of hydrogen-bond acceptors (Lipinski definition) is 5. The van der Waals surface area contributed by atoms with Gasteiger partial charge in [0.15, 0.2) is 11.5 Å². The standard InChI is InChI=1S/C24H25BrN2O5/c1-5-15(4)32-21-13-19(25)16(12-20(21)31-6-2)11-18-22(28)26-24(30)27(23(18)29)17-9-7-14(3)8-10-17/h7-13,15H,5-6H2,1-4H3,(H,26,28,30)/b18-11+/t15-/m0/s1. The first-order valence-electron chi connectivity index (χ1n) is 10.4. The van der Waals surface area contributed by atoms with Crippen LogP contribution < -0.4 is 19.7 Å². The van der Waals surface area contributed by atoms with Crippen LogP contribution in [0.5, 0.6) is 11.5 Å². The van der Waals surface area contributed by atoms with Gasteiger partial charge in [-0.3, -0.25) is 14.9 Å². The SMILES string of the molecule is CCOc1cc(/C=C2\C(=O)NC(=O)N(c3ccc(C)cc3)C2=O)c(Br)cc1O[C@@H](C)CC. The van der Waals surface area contributed by atoms with Crippen LogP contribution in [0.2, 0.25) is 0 Å². The minimum absolute atomic E-state index is 0.00918. The van der Waals surface area contributed by atoms with E-state index in [1.54, 1.807) is 36.4 Å². The molecule has 7 nitrogen and oxygen atoms in total. The van der Waals surface area contributed by atoms with Gasteiger partial charge in [-0.15, -0.1) is 0 Å². The zero-order chi connectivity index (χ0) is 23.4. The molecule has 0 radical (unpaired) electrons. The number of imide groups is 2. The fourth-order valence-electron chi connectivity index (χ4n) is 3.06. The van der Waals surface area contributed by atoms with Crippen molar-refractivity contribution in [1.82, 2.24) is 5.32 Å². The largest absolute Gasteiger partial charge is 0.490 e. The number of ether oxygens (including phenoxy) is 2. The van der Waals surface area contributed by atoms with Crippen LogP contribution in [0.1, 0.15) is 38.3 Å². The van der Waals surface area contributed by atoms with Gasteiger partial charge in [0.25, 0.3) is 11.8 Å². The third-order valence-electron chi connectivity index (χ3n) is 4.96. The van der Waals surface area contributed by atoms with Crippen molar-refractivity contribution in [3.05, 3.63) is 57.6 Å². The van der Waals surface area contributed by atoms with Crippen molar-refractivity contribution >= 4 is 45.5 Å². The van der Waals surface area contributed by atoms with Crippen molar-refractivity contribution in [2.75, 3.05) is 11.5 Å². The van der Waals surface area contributed by atoms with E-state index in [0.717, 1.165) is 16.9 Å². The number of halogens is 1. The molecule has 2 aromatic carbocycles. The molecule has 32 heavy (non-hydrogen) atoms. The highest BCUT2D eigenvalue weighted by Gasteiger charge is 2.37. The summed E-state index contributed by atoms with van der Waals surface area (Å²) in [7, 11) is 0. The molecule has 8 heteroatoms. The Balaban J connectivity index is 2.02. The number of aryl methyl sites for hydroxylation is 1. The Morgan fingerprint density at radius 3 is 2.41 bits per heavy atom. The van der Waals surface area contributed by atoms with E-state index in [0.29, 0.717) is 33.8 Å². The van der Waals surface area contributed by atoms with Crippen LogP contribution in [0.4, 0.5) is 10.5 Å². The van der Waals surface area contributed by atoms with E-state index in [1.807, 2.05) is 27.7 Å². The van der Waals surface area contributed by atoms with E-state index in [4.69, 9.17) is 9.47 Å². The van der Waals surface area contributed by atoms with Gasteiger partial charge in [0.2, 0.25) is 0 Å². The molecule has 1 fully saturated rings. The number of anilines is 1. The fraction of sp³-hybridized carbons (Fsp3) is 0.292. The molecule has 3 rings (SSSR count). The number of rotatable bonds is 7. The summed E-state index contributed by atoms with van der Waals surface area (Å²) in [4.78, 5) is 38.9. The Labute approximate surface area is 195 Å². The van der Waals surface area contributed by atoms with Gasteiger partial charge >= 0.3 is 6.03 Å². The number of amides is 4. The van der Waals surface area contributed by atoms with Crippen molar-refractivity contribution < 1.29 is 23.9 Å². The molecular weight excluding hydrogens is 476 g/mol. The van der Waals surface area contributed by atoms with E-state index < -0.39 is 17.8 Å². The predicted octanol–water partition coefficient (Wildman–Crippen LogP) is 5.00. The smallest absolute Gasteiger partial charge is 0.335 e. The Morgan fingerprint density at radius 2 is 1.78 bits per heavy atom. The molecule has 0 spiro atoms. The number of nitrogens with one attached hydrogen (secondary N) is 1. The monoisotopic (exact) mass is 500 g/mol. The minimum Gasteiger partial charge on any atom is -0.490 e. The number of benzene rings is 2. The van der Waals surface area contributed by atoms with Crippen molar-refractivity contribution in [3.8, 4) is 11.5 Å². The van der Waals surface area contributed by atoms with Gasteiger partial charge in [-0.2, -0.15) is 0 Å². The molecule has 0 aliphatic carbocycles. The average molecular weight is 501 g/mol. The number of urea groups is 1. The van der Waals surface area contributed by atoms with E-state index in [2.05, 4.69) is 21.2 Å². The maximum Gasteiger partial charge on any atom is 0.335 e. The van der Waals surface area contributed by atoms with Crippen molar-refractivity contribution in [2.24, 2.45) is 0 Å². The normalized spacial score (nSPS) is 16.2. The summed E-state index contributed by atoms with van der Waals surface area (Å²) in [5, 5.41) is 2.24. The second-order valence-corrected chi connectivity index (χ2v) is 8.24. The maximum atomic E-state index is 13.1. The van der Waals surface area contributed by atoms with Crippen LogP contribution in [0.3, 0.4) is 0 Å². The molecule has 0 saturated carbocycles. The van der Waals surface area contributed by atoms with Crippen LogP contribution in [-0.2, 0) is 9.59 Å². The number of barbiturate groups is 1. The highest BCUT2D eigenvalue weighted by Crippen LogP contribution is 2.36. The number of nitrogens with zero attached hydrogens (tertiary/aromatic N) is 1. The summed E-state index contributed by atoms with van der Waals surface area (Å²) in [6, 6.07) is 9.55. The highest BCUT2D eigenvalue weighted by atomic mass is 79.9. The van der Waals surface area contributed by atoms with Gasteiger partial charge in [-0.05, 0) is 63.1 Å². The van der Waals surface area contributed by atoms with E-state index in [1.165, 1.54) is 6.08 Å². The summed E-state index contributed by atoms with van der Waals surface area (Å²) in [5.41, 5.74) is 1.74. The first kappa shape index (κ1) is 23.5. The van der Waals surface area contributed by atoms with E-state index >= 15 is 0 Å².